The van der Waals surface area contributed by atoms with E-state index in [9.17, 15) is 19.8 Å². The molecule has 0 aromatic heterocycles. The second kappa shape index (κ2) is 12.3. The molecule has 2 aromatic carbocycles. The number of amides is 2. The van der Waals surface area contributed by atoms with Crippen LogP contribution in [-0.2, 0) is 13.1 Å². The number of ether oxygens (including phenoxy) is 1. The molecule has 200 valence electrons. The zero-order chi connectivity index (χ0) is 26.4. The molecule has 3 N–H and O–H groups in total. The Bertz CT molecular complexity index is 1120. The fourth-order valence-corrected chi connectivity index (χ4v) is 4.81. The molecule has 0 unspecified atom stereocenters. The van der Waals surface area contributed by atoms with Crippen LogP contribution in [0.15, 0.2) is 30.3 Å². The molecular weight excluding hydrogens is 472 g/mol. The van der Waals surface area contributed by atoms with Gasteiger partial charge in [-0.15, -0.1) is 0 Å². The summed E-state index contributed by atoms with van der Waals surface area (Å²) >= 11 is 0. The summed E-state index contributed by atoms with van der Waals surface area (Å²) in [6, 6.07) is 8.25. The van der Waals surface area contributed by atoms with Crippen molar-refractivity contribution in [2.24, 2.45) is 0 Å². The highest BCUT2D eigenvalue weighted by atomic mass is 16.5. The number of piperazine rings is 1. The standard InChI is InChI=1S/C28H38N4O5/c1-3-4-10-30(2)27(35)23-16-24(26(34)17-25(23)33)28(36)32-18-20-6-7-22(15-21(20)19-32)37-14-5-11-31-12-8-29-9-13-31/h6-7,15-17,29,33-34H,3-5,8-14,18-19H2,1-2H3. The molecule has 2 heterocycles. The van der Waals surface area contributed by atoms with Gasteiger partial charge >= 0.3 is 0 Å². The van der Waals surface area contributed by atoms with Crippen LogP contribution < -0.4 is 10.1 Å². The van der Waals surface area contributed by atoms with Gasteiger partial charge in [0.15, 0.2) is 0 Å². The lowest BCUT2D eigenvalue weighted by Gasteiger charge is -2.26. The lowest BCUT2D eigenvalue weighted by molar-refractivity contribution is 0.0748. The van der Waals surface area contributed by atoms with Gasteiger partial charge in [0.05, 0.1) is 17.7 Å². The van der Waals surface area contributed by atoms with E-state index in [-0.39, 0.29) is 28.5 Å². The summed E-state index contributed by atoms with van der Waals surface area (Å²) in [6.45, 7) is 9.23. The molecule has 2 aliphatic rings. The maximum absolute atomic E-state index is 13.3. The maximum Gasteiger partial charge on any atom is 0.258 e. The van der Waals surface area contributed by atoms with E-state index in [2.05, 4.69) is 10.2 Å². The number of fused-ring (bicyclic) bond motifs is 1. The van der Waals surface area contributed by atoms with Gasteiger partial charge in [0.1, 0.15) is 17.2 Å². The molecule has 0 saturated carbocycles. The lowest BCUT2D eigenvalue weighted by atomic mass is 10.1. The van der Waals surface area contributed by atoms with E-state index in [0.717, 1.165) is 74.9 Å². The van der Waals surface area contributed by atoms with E-state index in [1.165, 1.54) is 11.0 Å². The van der Waals surface area contributed by atoms with Crippen LogP contribution >= 0.6 is 0 Å². The minimum atomic E-state index is -0.391. The summed E-state index contributed by atoms with van der Waals surface area (Å²) in [4.78, 5) is 31.7. The summed E-state index contributed by atoms with van der Waals surface area (Å²) < 4.78 is 5.97. The van der Waals surface area contributed by atoms with Gasteiger partial charge < -0.3 is 35.0 Å². The van der Waals surface area contributed by atoms with Crippen molar-refractivity contribution in [3.63, 3.8) is 0 Å². The lowest BCUT2D eigenvalue weighted by Crippen LogP contribution is -2.43. The second-order valence-electron chi connectivity index (χ2n) is 9.85. The fraction of sp³-hybridized carbons (Fsp3) is 0.500. The summed E-state index contributed by atoms with van der Waals surface area (Å²) in [5, 5.41) is 24.1. The average Bonchev–Trinajstić information content (AvgIpc) is 3.33. The van der Waals surface area contributed by atoms with Crippen molar-refractivity contribution in [3.8, 4) is 17.2 Å². The van der Waals surface area contributed by atoms with Crippen molar-refractivity contribution in [1.82, 2.24) is 20.0 Å². The predicted octanol–water partition coefficient (Wildman–Crippen LogP) is 2.80. The molecule has 2 amide bonds. The van der Waals surface area contributed by atoms with Crippen molar-refractivity contribution in [2.75, 3.05) is 52.9 Å². The number of hydrogen-bond donors (Lipinski definition) is 3. The zero-order valence-electron chi connectivity index (χ0n) is 21.8. The van der Waals surface area contributed by atoms with E-state index < -0.39 is 5.91 Å². The van der Waals surface area contributed by atoms with Gasteiger partial charge in [-0.05, 0) is 42.2 Å². The molecule has 0 spiro atoms. The number of nitrogens with one attached hydrogen (secondary N) is 1. The monoisotopic (exact) mass is 510 g/mol. The highest BCUT2D eigenvalue weighted by Gasteiger charge is 2.28. The summed E-state index contributed by atoms with van der Waals surface area (Å²) in [5.41, 5.74) is 2.03. The third kappa shape index (κ3) is 6.53. The van der Waals surface area contributed by atoms with Crippen LogP contribution in [0.2, 0.25) is 0 Å². The normalized spacial score (nSPS) is 15.5. The number of hydrogen-bond acceptors (Lipinski definition) is 7. The number of carbonyl (C=O) groups is 2. The fourth-order valence-electron chi connectivity index (χ4n) is 4.81. The van der Waals surface area contributed by atoms with Gasteiger partial charge in [-0.1, -0.05) is 19.4 Å². The molecule has 0 aliphatic carbocycles. The summed E-state index contributed by atoms with van der Waals surface area (Å²) in [6.07, 6.45) is 2.72. The minimum absolute atomic E-state index is 0.00207. The average molecular weight is 511 g/mol. The first-order valence-corrected chi connectivity index (χ1v) is 13.2. The number of phenolic OH excluding ortho intramolecular Hbond substituents is 2. The minimum Gasteiger partial charge on any atom is -0.507 e. The largest absolute Gasteiger partial charge is 0.507 e. The zero-order valence-corrected chi connectivity index (χ0v) is 21.8. The highest BCUT2D eigenvalue weighted by molar-refractivity contribution is 6.03. The second-order valence-corrected chi connectivity index (χ2v) is 9.85. The van der Waals surface area contributed by atoms with Crippen LogP contribution in [0.3, 0.4) is 0 Å². The molecule has 0 bridgehead atoms. The van der Waals surface area contributed by atoms with Crippen molar-refractivity contribution < 1.29 is 24.5 Å². The smallest absolute Gasteiger partial charge is 0.258 e. The maximum atomic E-state index is 13.3. The Labute approximate surface area is 218 Å². The highest BCUT2D eigenvalue weighted by Crippen LogP contribution is 2.33. The van der Waals surface area contributed by atoms with Crippen LogP contribution in [0.5, 0.6) is 17.2 Å². The molecule has 37 heavy (non-hydrogen) atoms. The van der Waals surface area contributed by atoms with Gasteiger partial charge in [0.25, 0.3) is 11.8 Å². The summed E-state index contributed by atoms with van der Waals surface area (Å²) in [7, 11) is 1.66. The van der Waals surface area contributed by atoms with E-state index in [0.29, 0.717) is 26.2 Å². The quantitative estimate of drug-likeness (QED) is 0.422. The van der Waals surface area contributed by atoms with E-state index >= 15 is 0 Å². The Morgan fingerprint density at radius 2 is 1.73 bits per heavy atom. The molecule has 1 fully saturated rings. The van der Waals surface area contributed by atoms with E-state index in [4.69, 9.17) is 4.74 Å². The van der Waals surface area contributed by atoms with Crippen LogP contribution in [0.4, 0.5) is 0 Å². The van der Waals surface area contributed by atoms with Crippen LogP contribution in [0.25, 0.3) is 0 Å². The molecule has 1 saturated heterocycles. The Kier molecular flexibility index (Phi) is 8.89. The molecular formula is C28H38N4O5. The van der Waals surface area contributed by atoms with Gasteiger partial charge in [-0.3, -0.25) is 9.59 Å². The topological polar surface area (TPSA) is 106 Å². The first kappa shape index (κ1) is 26.8. The molecule has 2 aliphatic heterocycles. The Balaban J connectivity index is 1.38. The number of unbranched alkanes of at least 4 members (excludes halogenated alkanes) is 1. The third-order valence-electron chi connectivity index (χ3n) is 7.05. The number of phenols is 2. The molecule has 0 radical (unpaired) electrons. The van der Waals surface area contributed by atoms with Crippen molar-refractivity contribution in [1.29, 1.82) is 0 Å². The van der Waals surface area contributed by atoms with Crippen LogP contribution in [0, 0.1) is 0 Å². The Morgan fingerprint density at radius 1 is 1.00 bits per heavy atom. The van der Waals surface area contributed by atoms with E-state index in [1.54, 1.807) is 11.9 Å². The first-order chi connectivity index (χ1) is 17.9. The molecule has 4 rings (SSSR count). The summed E-state index contributed by atoms with van der Waals surface area (Å²) in [5.74, 6) is -0.685. The van der Waals surface area contributed by atoms with Gasteiger partial charge in [-0.2, -0.15) is 0 Å². The molecule has 0 atom stereocenters. The van der Waals surface area contributed by atoms with Crippen LogP contribution in [0.1, 0.15) is 58.0 Å². The SMILES string of the molecule is CCCCN(C)C(=O)c1cc(C(=O)N2Cc3ccc(OCCCN4CCNCC4)cc3C2)c(O)cc1O. The van der Waals surface area contributed by atoms with E-state index in [1.807, 2.05) is 25.1 Å². The molecule has 9 nitrogen and oxygen atoms in total. The number of nitrogens with zero attached hydrogens (tertiary/aromatic N) is 3. The van der Waals surface area contributed by atoms with Crippen LogP contribution in [-0.4, -0.2) is 89.7 Å². The number of benzene rings is 2. The van der Waals surface area contributed by atoms with Crippen molar-refractivity contribution in [3.05, 3.63) is 52.6 Å². The number of carbonyl (C=O) groups excluding carboxylic acids is 2. The van der Waals surface area contributed by atoms with Crippen molar-refractivity contribution >= 4 is 11.8 Å². The third-order valence-corrected chi connectivity index (χ3v) is 7.05. The first-order valence-electron chi connectivity index (χ1n) is 13.2. The van der Waals surface area contributed by atoms with Gasteiger partial charge in [0.2, 0.25) is 0 Å². The predicted molar refractivity (Wildman–Crippen MR) is 141 cm³/mol. The molecule has 9 heteroatoms. The van der Waals surface area contributed by atoms with Crippen molar-refractivity contribution in [2.45, 2.75) is 39.3 Å². The van der Waals surface area contributed by atoms with Gasteiger partial charge in [-0.25, -0.2) is 0 Å². The van der Waals surface area contributed by atoms with Gasteiger partial charge in [0, 0.05) is 65.5 Å². The Morgan fingerprint density at radius 3 is 2.49 bits per heavy atom. The number of aromatic hydroxyl groups is 2. The Hall–Kier alpha value is -3.30. The number of rotatable bonds is 10. The molecule has 2 aromatic rings.